The van der Waals surface area contributed by atoms with Gasteiger partial charge in [-0.3, -0.25) is 4.68 Å². The molecule has 0 fully saturated rings. The zero-order chi connectivity index (χ0) is 10.4. The van der Waals surface area contributed by atoms with E-state index in [9.17, 15) is 0 Å². The predicted molar refractivity (Wildman–Crippen MR) is 57.7 cm³/mol. The number of aromatic nitrogens is 2. The predicted octanol–water partition coefficient (Wildman–Crippen LogP) is 1.40. The Labute approximate surface area is 85.5 Å². The summed E-state index contributed by atoms with van der Waals surface area (Å²) >= 11 is 0. The molecule has 0 spiro atoms. The molecule has 1 aromatic rings. The van der Waals surface area contributed by atoms with Gasteiger partial charge >= 0.3 is 0 Å². The fourth-order valence-electron chi connectivity index (χ4n) is 1.05. The lowest BCUT2D eigenvalue weighted by molar-refractivity contribution is 0.572. The van der Waals surface area contributed by atoms with E-state index in [1.807, 2.05) is 23.9 Å². The molecule has 0 saturated carbocycles. The molecular formula is C11H17N3. The summed E-state index contributed by atoms with van der Waals surface area (Å²) in [4.78, 5) is 0. The van der Waals surface area contributed by atoms with E-state index in [-0.39, 0.29) is 0 Å². The molecule has 0 bridgehead atoms. The maximum absolute atomic E-state index is 4.37. The molecule has 0 aliphatic carbocycles. The largest absolute Gasteiger partial charge is 0.309 e. The summed E-state index contributed by atoms with van der Waals surface area (Å²) in [5.74, 6) is 5.82. The van der Waals surface area contributed by atoms with Crippen LogP contribution in [0.5, 0.6) is 0 Å². The molecule has 0 atom stereocenters. The van der Waals surface area contributed by atoms with Crippen LogP contribution < -0.4 is 5.32 Å². The SMILES string of the molecule is CC#CCn1ccc(CNC(C)C)n1. The van der Waals surface area contributed by atoms with Crippen LogP contribution in [0.15, 0.2) is 12.3 Å². The molecule has 0 radical (unpaired) electrons. The average Bonchev–Trinajstić information content (AvgIpc) is 2.59. The second kappa shape index (κ2) is 5.46. The van der Waals surface area contributed by atoms with Crippen LogP contribution in [0.1, 0.15) is 26.5 Å². The molecular weight excluding hydrogens is 174 g/mol. The molecule has 3 nitrogen and oxygen atoms in total. The second-order valence-electron chi connectivity index (χ2n) is 3.47. The third-order valence-corrected chi connectivity index (χ3v) is 1.81. The minimum Gasteiger partial charge on any atom is -0.309 e. The fraction of sp³-hybridized carbons (Fsp3) is 0.545. The lowest BCUT2D eigenvalue weighted by Gasteiger charge is -2.04. The molecule has 0 amide bonds. The van der Waals surface area contributed by atoms with E-state index in [1.54, 1.807) is 0 Å². The molecule has 0 aliphatic heterocycles. The summed E-state index contributed by atoms with van der Waals surface area (Å²) in [6.07, 6.45) is 1.96. The Morgan fingerprint density at radius 1 is 1.57 bits per heavy atom. The number of nitrogens with one attached hydrogen (secondary N) is 1. The quantitative estimate of drug-likeness (QED) is 0.729. The number of hydrogen-bond donors (Lipinski definition) is 1. The molecule has 76 valence electrons. The van der Waals surface area contributed by atoms with Crippen LogP contribution in [0.2, 0.25) is 0 Å². The molecule has 1 heterocycles. The summed E-state index contributed by atoms with van der Waals surface area (Å²) in [6.45, 7) is 7.59. The van der Waals surface area contributed by atoms with Crippen molar-refractivity contribution >= 4 is 0 Å². The smallest absolute Gasteiger partial charge is 0.102 e. The summed E-state index contributed by atoms with van der Waals surface area (Å²) < 4.78 is 1.86. The van der Waals surface area contributed by atoms with Gasteiger partial charge in [0, 0.05) is 18.8 Å². The molecule has 0 aliphatic rings. The molecule has 0 aromatic carbocycles. The number of hydrogen-bond acceptors (Lipinski definition) is 2. The van der Waals surface area contributed by atoms with Crippen LogP contribution in [0.3, 0.4) is 0 Å². The fourth-order valence-corrected chi connectivity index (χ4v) is 1.05. The van der Waals surface area contributed by atoms with Crippen molar-refractivity contribution in [2.45, 2.75) is 39.9 Å². The minimum atomic E-state index is 0.496. The Hall–Kier alpha value is -1.27. The van der Waals surface area contributed by atoms with Gasteiger partial charge in [-0.05, 0) is 13.0 Å². The van der Waals surface area contributed by atoms with Crippen LogP contribution in [-0.2, 0) is 13.1 Å². The van der Waals surface area contributed by atoms with Crippen molar-refractivity contribution in [1.82, 2.24) is 15.1 Å². The summed E-state index contributed by atoms with van der Waals surface area (Å²) in [5, 5.41) is 7.69. The maximum atomic E-state index is 4.37. The van der Waals surface area contributed by atoms with Crippen molar-refractivity contribution in [3.05, 3.63) is 18.0 Å². The standard InChI is InChI=1S/C11H17N3/c1-4-5-7-14-8-6-11(13-14)9-12-10(2)3/h6,8,10,12H,7,9H2,1-3H3. The van der Waals surface area contributed by atoms with Gasteiger partial charge in [0.05, 0.1) is 5.69 Å². The Balaban J connectivity index is 2.45. The molecule has 3 heteroatoms. The van der Waals surface area contributed by atoms with Gasteiger partial charge in [-0.25, -0.2) is 0 Å². The van der Waals surface area contributed by atoms with Crippen LogP contribution >= 0.6 is 0 Å². The van der Waals surface area contributed by atoms with E-state index in [2.05, 4.69) is 36.1 Å². The first kappa shape index (κ1) is 10.8. The molecule has 1 aromatic heterocycles. The Morgan fingerprint density at radius 3 is 3.00 bits per heavy atom. The van der Waals surface area contributed by atoms with Gasteiger partial charge in [-0.1, -0.05) is 19.8 Å². The van der Waals surface area contributed by atoms with Gasteiger partial charge in [0.25, 0.3) is 0 Å². The highest BCUT2D eigenvalue weighted by molar-refractivity contribution is 5.01. The Morgan fingerprint density at radius 2 is 2.36 bits per heavy atom. The van der Waals surface area contributed by atoms with E-state index >= 15 is 0 Å². The van der Waals surface area contributed by atoms with Crippen molar-refractivity contribution in [2.75, 3.05) is 0 Å². The second-order valence-corrected chi connectivity index (χ2v) is 3.47. The summed E-state index contributed by atoms with van der Waals surface area (Å²) in [6, 6.07) is 2.52. The van der Waals surface area contributed by atoms with E-state index in [0.717, 1.165) is 12.2 Å². The zero-order valence-corrected chi connectivity index (χ0v) is 9.04. The summed E-state index contributed by atoms with van der Waals surface area (Å²) in [5.41, 5.74) is 1.07. The maximum Gasteiger partial charge on any atom is 0.102 e. The Kier molecular flexibility index (Phi) is 4.21. The zero-order valence-electron chi connectivity index (χ0n) is 9.04. The first-order valence-electron chi connectivity index (χ1n) is 4.87. The monoisotopic (exact) mass is 191 g/mol. The van der Waals surface area contributed by atoms with Crippen LogP contribution in [0, 0.1) is 11.8 Å². The highest BCUT2D eigenvalue weighted by Crippen LogP contribution is 1.95. The third-order valence-electron chi connectivity index (χ3n) is 1.81. The van der Waals surface area contributed by atoms with Crippen molar-refractivity contribution < 1.29 is 0 Å². The highest BCUT2D eigenvalue weighted by Gasteiger charge is 1.98. The van der Waals surface area contributed by atoms with Gasteiger partial charge in [0.1, 0.15) is 6.54 Å². The lowest BCUT2D eigenvalue weighted by Crippen LogP contribution is -2.22. The molecule has 1 rings (SSSR count). The van der Waals surface area contributed by atoms with Gasteiger partial charge in [-0.15, -0.1) is 5.92 Å². The van der Waals surface area contributed by atoms with Crippen LogP contribution in [0.25, 0.3) is 0 Å². The number of nitrogens with zero attached hydrogens (tertiary/aromatic N) is 2. The molecule has 0 saturated heterocycles. The van der Waals surface area contributed by atoms with Crippen molar-refractivity contribution in [3.8, 4) is 11.8 Å². The minimum absolute atomic E-state index is 0.496. The van der Waals surface area contributed by atoms with E-state index < -0.39 is 0 Å². The molecule has 14 heavy (non-hydrogen) atoms. The van der Waals surface area contributed by atoms with Crippen molar-refractivity contribution in [3.63, 3.8) is 0 Å². The van der Waals surface area contributed by atoms with Crippen LogP contribution in [-0.4, -0.2) is 15.8 Å². The number of rotatable bonds is 4. The Bertz CT molecular complexity index is 328. The van der Waals surface area contributed by atoms with Gasteiger partial charge < -0.3 is 5.32 Å². The van der Waals surface area contributed by atoms with Gasteiger partial charge in [0.15, 0.2) is 0 Å². The van der Waals surface area contributed by atoms with Crippen molar-refractivity contribution in [2.24, 2.45) is 0 Å². The first-order chi connectivity index (χ1) is 6.72. The van der Waals surface area contributed by atoms with E-state index in [1.165, 1.54) is 0 Å². The lowest BCUT2D eigenvalue weighted by atomic mass is 10.3. The van der Waals surface area contributed by atoms with Crippen molar-refractivity contribution in [1.29, 1.82) is 0 Å². The van der Waals surface area contributed by atoms with E-state index in [0.29, 0.717) is 12.6 Å². The normalized spacial score (nSPS) is 10.0. The average molecular weight is 191 g/mol. The molecule has 1 N–H and O–H groups in total. The third kappa shape index (κ3) is 3.63. The highest BCUT2D eigenvalue weighted by atomic mass is 15.3. The van der Waals surface area contributed by atoms with Gasteiger partial charge in [0.2, 0.25) is 0 Å². The molecule has 0 unspecified atom stereocenters. The topological polar surface area (TPSA) is 29.9 Å². The van der Waals surface area contributed by atoms with E-state index in [4.69, 9.17) is 0 Å². The van der Waals surface area contributed by atoms with Crippen LogP contribution in [0.4, 0.5) is 0 Å². The summed E-state index contributed by atoms with van der Waals surface area (Å²) in [7, 11) is 0. The van der Waals surface area contributed by atoms with Gasteiger partial charge in [-0.2, -0.15) is 5.10 Å². The first-order valence-corrected chi connectivity index (χ1v) is 4.87.